The van der Waals surface area contributed by atoms with Crippen LogP contribution >= 0.6 is 0 Å². The van der Waals surface area contributed by atoms with Gasteiger partial charge in [-0.15, -0.1) is 0 Å². The predicted molar refractivity (Wildman–Crippen MR) is 97.3 cm³/mol. The van der Waals surface area contributed by atoms with E-state index in [9.17, 15) is 13.6 Å². The molecular formula is C20H20F2N4O. The molecule has 0 saturated carbocycles. The predicted octanol–water partition coefficient (Wildman–Crippen LogP) is 4.01. The number of aromatic nitrogens is 3. The van der Waals surface area contributed by atoms with Gasteiger partial charge in [0.2, 0.25) is 0 Å². The van der Waals surface area contributed by atoms with Gasteiger partial charge in [-0.1, -0.05) is 0 Å². The number of amides is 1. The van der Waals surface area contributed by atoms with Crippen LogP contribution in [-0.2, 0) is 0 Å². The summed E-state index contributed by atoms with van der Waals surface area (Å²) in [7, 11) is 0. The van der Waals surface area contributed by atoms with Crippen LogP contribution < -0.4 is 0 Å². The van der Waals surface area contributed by atoms with E-state index >= 15 is 0 Å². The third kappa shape index (κ3) is 3.49. The van der Waals surface area contributed by atoms with E-state index in [0.29, 0.717) is 13.1 Å². The molecule has 2 aromatic heterocycles. The number of carbonyl (C=O) groups excluding carboxylic acids is 1. The number of benzene rings is 1. The normalized spacial score (nSPS) is 17.3. The summed E-state index contributed by atoms with van der Waals surface area (Å²) in [4.78, 5) is 17.6. The summed E-state index contributed by atoms with van der Waals surface area (Å²) in [5.74, 6) is -2.11. The lowest BCUT2D eigenvalue weighted by Gasteiger charge is -2.32. The van der Waals surface area contributed by atoms with E-state index in [2.05, 4.69) is 15.2 Å². The second kappa shape index (κ2) is 6.98. The SMILES string of the molecule is Cc1c[nH]c(-c2cc([C@H]3CCCN(C(=O)c4ccc(F)c(F)c4)C3)[nH]n2)c1. The molecule has 0 aliphatic carbocycles. The number of rotatable bonds is 3. The number of hydrogen-bond acceptors (Lipinski definition) is 2. The van der Waals surface area contributed by atoms with Crippen molar-refractivity contribution >= 4 is 5.91 Å². The maximum atomic E-state index is 13.5. The molecule has 2 N–H and O–H groups in total. The zero-order chi connectivity index (χ0) is 19.0. The van der Waals surface area contributed by atoms with Crippen molar-refractivity contribution in [1.82, 2.24) is 20.1 Å². The molecule has 0 bridgehead atoms. The van der Waals surface area contributed by atoms with Crippen molar-refractivity contribution in [1.29, 1.82) is 0 Å². The Morgan fingerprint density at radius 1 is 1.22 bits per heavy atom. The molecule has 4 rings (SSSR count). The maximum Gasteiger partial charge on any atom is 0.253 e. The van der Waals surface area contributed by atoms with Crippen molar-refractivity contribution < 1.29 is 13.6 Å². The average molecular weight is 370 g/mol. The summed E-state index contributed by atoms with van der Waals surface area (Å²) in [6.45, 7) is 3.13. The van der Waals surface area contributed by atoms with E-state index in [1.54, 1.807) is 4.90 Å². The van der Waals surface area contributed by atoms with Gasteiger partial charge in [-0.3, -0.25) is 9.89 Å². The fourth-order valence-corrected chi connectivity index (χ4v) is 3.56. The number of halogens is 2. The van der Waals surface area contributed by atoms with Crippen molar-refractivity contribution in [2.45, 2.75) is 25.7 Å². The number of nitrogens with zero attached hydrogens (tertiary/aromatic N) is 2. The lowest BCUT2D eigenvalue weighted by Crippen LogP contribution is -2.39. The van der Waals surface area contributed by atoms with Crippen molar-refractivity contribution in [2.75, 3.05) is 13.1 Å². The van der Waals surface area contributed by atoms with Crippen LogP contribution in [0.1, 0.15) is 40.4 Å². The Morgan fingerprint density at radius 3 is 2.81 bits per heavy atom. The highest BCUT2D eigenvalue weighted by molar-refractivity contribution is 5.94. The monoisotopic (exact) mass is 370 g/mol. The summed E-state index contributed by atoms with van der Waals surface area (Å²) < 4.78 is 26.6. The Hall–Kier alpha value is -2.96. The van der Waals surface area contributed by atoms with Crippen LogP contribution in [0.25, 0.3) is 11.4 Å². The number of H-pyrrole nitrogens is 2. The van der Waals surface area contributed by atoms with Gasteiger partial charge in [0.25, 0.3) is 5.91 Å². The molecule has 0 unspecified atom stereocenters. The van der Waals surface area contributed by atoms with E-state index in [1.165, 1.54) is 6.07 Å². The molecule has 1 atom stereocenters. The summed E-state index contributed by atoms with van der Waals surface area (Å²) in [5.41, 5.74) is 4.06. The minimum Gasteiger partial charge on any atom is -0.360 e. The molecule has 0 radical (unpaired) electrons. The van der Waals surface area contributed by atoms with Gasteiger partial charge in [0.05, 0.1) is 5.69 Å². The third-order valence-corrected chi connectivity index (χ3v) is 5.02. The minimum atomic E-state index is -1.01. The minimum absolute atomic E-state index is 0.130. The molecule has 5 nitrogen and oxygen atoms in total. The zero-order valence-corrected chi connectivity index (χ0v) is 14.9. The molecule has 3 aromatic rings. The molecule has 1 aliphatic rings. The van der Waals surface area contributed by atoms with E-state index in [-0.39, 0.29) is 17.4 Å². The number of carbonyl (C=O) groups is 1. The number of piperidine rings is 1. The topological polar surface area (TPSA) is 64.8 Å². The highest BCUT2D eigenvalue weighted by atomic mass is 19.2. The van der Waals surface area contributed by atoms with Gasteiger partial charge in [0, 0.05) is 36.5 Å². The second-order valence-corrected chi connectivity index (χ2v) is 7.02. The number of aromatic amines is 2. The summed E-state index contributed by atoms with van der Waals surface area (Å²) >= 11 is 0. The van der Waals surface area contributed by atoms with E-state index in [0.717, 1.165) is 47.6 Å². The molecule has 1 aliphatic heterocycles. The Kier molecular flexibility index (Phi) is 4.51. The largest absolute Gasteiger partial charge is 0.360 e. The highest BCUT2D eigenvalue weighted by Crippen LogP contribution is 2.29. The lowest BCUT2D eigenvalue weighted by molar-refractivity contribution is 0.0705. The number of hydrogen-bond donors (Lipinski definition) is 2. The van der Waals surface area contributed by atoms with E-state index in [1.807, 2.05) is 25.3 Å². The smallest absolute Gasteiger partial charge is 0.253 e. The van der Waals surface area contributed by atoms with Crippen LogP contribution in [0, 0.1) is 18.6 Å². The van der Waals surface area contributed by atoms with Gasteiger partial charge in [-0.2, -0.15) is 5.10 Å². The lowest BCUT2D eigenvalue weighted by atomic mass is 9.94. The van der Waals surface area contributed by atoms with E-state index in [4.69, 9.17) is 0 Å². The van der Waals surface area contributed by atoms with Crippen LogP contribution in [0.15, 0.2) is 36.5 Å². The van der Waals surface area contributed by atoms with Crippen LogP contribution in [0.3, 0.4) is 0 Å². The first kappa shape index (κ1) is 17.5. The zero-order valence-electron chi connectivity index (χ0n) is 14.9. The number of aryl methyl sites for hydroxylation is 1. The average Bonchev–Trinajstić information content (AvgIpc) is 3.32. The standard InChI is InChI=1S/C20H20F2N4O/c1-12-7-18(23-10-12)19-9-17(24-25-19)14-3-2-6-26(11-14)20(27)13-4-5-15(21)16(22)8-13/h4-5,7-10,14,23H,2-3,6,11H2,1H3,(H,24,25)/t14-/m0/s1. The molecule has 27 heavy (non-hydrogen) atoms. The van der Waals surface area contributed by atoms with Crippen molar-refractivity contribution in [3.63, 3.8) is 0 Å². The summed E-state index contributed by atoms with van der Waals surface area (Å²) in [6.07, 6.45) is 3.70. The molecular weight excluding hydrogens is 350 g/mol. The first-order valence-electron chi connectivity index (χ1n) is 8.96. The molecule has 0 spiro atoms. The van der Waals surface area contributed by atoms with Crippen LogP contribution in [0.2, 0.25) is 0 Å². The van der Waals surface area contributed by atoms with Crippen molar-refractivity contribution in [3.8, 4) is 11.4 Å². The molecule has 140 valence electrons. The first-order valence-corrected chi connectivity index (χ1v) is 8.96. The molecule has 3 heterocycles. The first-order chi connectivity index (χ1) is 13.0. The van der Waals surface area contributed by atoms with Gasteiger partial charge in [0.1, 0.15) is 5.69 Å². The van der Waals surface area contributed by atoms with Crippen molar-refractivity contribution in [2.24, 2.45) is 0 Å². The van der Waals surface area contributed by atoms with Gasteiger partial charge < -0.3 is 9.88 Å². The third-order valence-electron chi connectivity index (χ3n) is 5.02. The van der Waals surface area contributed by atoms with Crippen LogP contribution in [0.4, 0.5) is 8.78 Å². The van der Waals surface area contributed by atoms with E-state index < -0.39 is 11.6 Å². The van der Waals surface area contributed by atoms with Crippen LogP contribution in [-0.4, -0.2) is 39.1 Å². The Balaban J connectivity index is 1.50. The number of likely N-dealkylation sites (tertiary alicyclic amines) is 1. The Bertz CT molecular complexity index is 978. The fraction of sp³-hybridized carbons (Fsp3) is 0.300. The maximum absolute atomic E-state index is 13.5. The molecule has 1 fully saturated rings. The highest BCUT2D eigenvalue weighted by Gasteiger charge is 2.27. The summed E-state index contributed by atoms with van der Waals surface area (Å²) in [5, 5.41) is 7.45. The quantitative estimate of drug-likeness (QED) is 0.732. The number of nitrogens with one attached hydrogen (secondary N) is 2. The molecule has 7 heteroatoms. The van der Waals surface area contributed by atoms with Gasteiger partial charge in [-0.05, 0) is 55.7 Å². The Morgan fingerprint density at radius 2 is 2.07 bits per heavy atom. The molecule has 1 aromatic carbocycles. The summed E-state index contributed by atoms with van der Waals surface area (Å²) in [6, 6.07) is 7.31. The van der Waals surface area contributed by atoms with Gasteiger partial charge >= 0.3 is 0 Å². The van der Waals surface area contributed by atoms with Gasteiger partial charge in [-0.25, -0.2) is 8.78 Å². The molecule has 1 amide bonds. The second-order valence-electron chi connectivity index (χ2n) is 7.02. The van der Waals surface area contributed by atoms with Crippen molar-refractivity contribution in [3.05, 3.63) is 65.0 Å². The fourth-order valence-electron chi connectivity index (χ4n) is 3.56. The Labute approximate surface area is 155 Å². The molecule has 1 saturated heterocycles. The van der Waals surface area contributed by atoms with Gasteiger partial charge in [0.15, 0.2) is 11.6 Å². The van der Waals surface area contributed by atoms with Crippen LogP contribution in [0.5, 0.6) is 0 Å².